The molecule has 3 heterocycles. The predicted octanol–water partition coefficient (Wildman–Crippen LogP) is 14.0. The van der Waals surface area contributed by atoms with Gasteiger partial charge in [0.25, 0.3) is 0 Å². The van der Waals surface area contributed by atoms with E-state index in [1.54, 1.807) is 0 Å². The van der Waals surface area contributed by atoms with Crippen molar-refractivity contribution in [3.63, 3.8) is 0 Å². The number of amidine groups is 2. The Kier molecular flexibility index (Phi) is 8.71. The Bertz CT molecular complexity index is 3540. The highest BCUT2D eigenvalue weighted by Gasteiger charge is 2.25. The monoisotopic (exact) mass is 807 g/mol. The van der Waals surface area contributed by atoms with Gasteiger partial charge in [0, 0.05) is 38.2 Å². The second-order valence-electron chi connectivity index (χ2n) is 16.3. The van der Waals surface area contributed by atoms with Gasteiger partial charge in [-0.3, -0.25) is 0 Å². The molecule has 0 saturated carbocycles. The van der Waals surface area contributed by atoms with Crippen LogP contribution in [0.5, 0.6) is 0 Å². The molecule has 1 aliphatic rings. The first kappa shape index (κ1) is 36.6. The predicted molar refractivity (Wildman–Crippen MR) is 263 cm³/mol. The Hall–Kier alpha value is -8.28. The van der Waals surface area contributed by atoms with Gasteiger partial charge in [-0.15, -0.1) is 0 Å². The van der Waals surface area contributed by atoms with Crippen LogP contribution in [-0.2, 0) is 0 Å². The maximum Gasteiger partial charge on any atom is 0.159 e. The lowest BCUT2D eigenvalue weighted by molar-refractivity contribution is 0.674. The molecule has 0 saturated heterocycles. The summed E-state index contributed by atoms with van der Waals surface area (Å²) in [7, 11) is 0. The molecule has 1 aliphatic heterocycles. The number of benzene rings is 9. The number of nitrogens with zero attached hydrogens (tertiary/aromatic N) is 4. The maximum atomic E-state index is 5.38. The summed E-state index contributed by atoms with van der Waals surface area (Å²) in [6.07, 6.45) is -0.350. The minimum Gasteiger partial charge on any atom is -0.344 e. The number of aryl methyl sites for hydroxylation is 1. The fourth-order valence-electron chi connectivity index (χ4n) is 9.52. The van der Waals surface area contributed by atoms with Crippen LogP contribution in [-0.4, -0.2) is 20.8 Å². The Morgan fingerprint density at radius 3 is 1.65 bits per heavy atom. The summed E-state index contributed by atoms with van der Waals surface area (Å²) in [6, 6.07) is 78.2. The molecular formula is C58H41N5. The van der Waals surface area contributed by atoms with E-state index in [1.807, 2.05) is 0 Å². The lowest BCUT2D eigenvalue weighted by Crippen LogP contribution is -2.33. The van der Waals surface area contributed by atoms with Gasteiger partial charge in [0.05, 0.1) is 33.4 Å². The topological polar surface area (TPSA) is 46.6 Å². The van der Waals surface area contributed by atoms with Crippen molar-refractivity contribution in [2.24, 2.45) is 9.98 Å². The number of hydrogen-bond acceptors (Lipinski definition) is 3. The molecule has 0 radical (unpaired) electrons. The van der Waals surface area contributed by atoms with E-state index < -0.39 is 0 Å². The molecule has 12 rings (SSSR count). The Morgan fingerprint density at radius 1 is 0.413 bits per heavy atom. The van der Waals surface area contributed by atoms with Gasteiger partial charge >= 0.3 is 0 Å². The van der Waals surface area contributed by atoms with E-state index in [1.165, 1.54) is 49.3 Å². The lowest BCUT2D eigenvalue weighted by atomic mass is 10.00. The molecule has 63 heavy (non-hydrogen) atoms. The van der Waals surface area contributed by atoms with Gasteiger partial charge in [-0.2, -0.15) is 0 Å². The number of nitrogens with one attached hydrogen (secondary N) is 1. The molecule has 298 valence electrons. The Morgan fingerprint density at radius 2 is 0.952 bits per heavy atom. The van der Waals surface area contributed by atoms with E-state index >= 15 is 0 Å². The molecule has 11 aromatic rings. The first-order valence-electron chi connectivity index (χ1n) is 21.5. The standard InChI is InChI=1S/C58H41N5/c1-38-16-14-21-43(36-38)57-59-56(42-32-30-40(31-33-42)39-17-4-2-5-18-39)60-58(61-57)44-34-35-45(41-19-6-3-7-20-41)54(37-44)63-51-27-13-10-24-48(51)55-52(28-15-29-53(55)63)62-49-25-11-8-22-46(49)47-23-9-12-26-50(47)62/h2-37,56H,1H3,(H,59,60,61). The van der Waals surface area contributed by atoms with Crippen LogP contribution < -0.4 is 5.32 Å². The van der Waals surface area contributed by atoms with Crippen LogP contribution >= 0.6 is 0 Å². The Balaban J connectivity index is 1.08. The number of hydrogen-bond donors (Lipinski definition) is 1. The van der Waals surface area contributed by atoms with Gasteiger partial charge < -0.3 is 14.5 Å². The van der Waals surface area contributed by atoms with E-state index in [-0.39, 0.29) is 6.17 Å². The zero-order chi connectivity index (χ0) is 41.9. The molecule has 5 nitrogen and oxygen atoms in total. The summed E-state index contributed by atoms with van der Waals surface area (Å²) in [5.74, 6) is 1.47. The molecule has 2 aromatic heterocycles. The molecule has 0 aliphatic carbocycles. The summed E-state index contributed by atoms with van der Waals surface area (Å²) in [4.78, 5) is 10.7. The second kappa shape index (κ2) is 15.0. The third kappa shape index (κ3) is 6.24. The van der Waals surface area contributed by atoms with Gasteiger partial charge in [0.15, 0.2) is 5.84 Å². The molecule has 5 heteroatoms. The van der Waals surface area contributed by atoms with E-state index in [0.717, 1.165) is 56.1 Å². The minimum atomic E-state index is -0.350. The maximum absolute atomic E-state index is 5.38. The number of aromatic nitrogens is 2. The van der Waals surface area contributed by atoms with Crippen molar-refractivity contribution >= 4 is 55.3 Å². The van der Waals surface area contributed by atoms with Gasteiger partial charge in [0.1, 0.15) is 12.0 Å². The van der Waals surface area contributed by atoms with Gasteiger partial charge in [-0.05, 0) is 71.6 Å². The summed E-state index contributed by atoms with van der Waals surface area (Å²) in [5, 5.41) is 8.57. The van der Waals surface area contributed by atoms with Crippen molar-refractivity contribution in [2.45, 2.75) is 13.1 Å². The van der Waals surface area contributed by atoms with Gasteiger partial charge in [0.2, 0.25) is 0 Å². The molecule has 1 atom stereocenters. The van der Waals surface area contributed by atoms with E-state index in [9.17, 15) is 0 Å². The van der Waals surface area contributed by atoms with E-state index in [0.29, 0.717) is 5.84 Å². The first-order valence-corrected chi connectivity index (χ1v) is 21.5. The molecule has 9 aromatic carbocycles. The van der Waals surface area contributed by atoms with Crippen molar-refractivity contribution in [1.29, 1.82) is 0 Å². The molecule has 0 bridgehead atoms. The van der Waals surface area contributed by atoms with Crippen molar-refractivity contribution in [3.05, 3.63) is 241 Å². The third-order valence-corrected chi connectivity index (χ3v) is 12.4. The van der Waals surface area contributed by atoms with E-state index in [2.05, 4.69) is 240 Å². The van der Waals surface area contributed by atoms with Crippen LogP contribution in [0.1, 0.15) is 28.4 Å². The van der Waals surface area contributed by atoms with Gasteiger partial charge in [-0.25, -0.2) is 9.98 Å². The van der Waals surface area contributed by atoms with Crippen molar-refractivity contribution in [1.82, 2.24) is 14.5 Å². The smallest absolute Gasteiger partial charge is 0.159 e. The van der Waals surface area contributed by atoms with Crippen LogP contribution in [0.3, 0.4) is 0 Å². The average molecular weight is 808 g/mol. The number of para-hydroxylation sites is 3. The fourth-order valence-corrected chi connectivity index (χ4v) is 9.52. The highest BCUT2D eigenvalue weighted by atomic mass is 15.2. The molecule has 0 spiro atoms. The summed E-state index contributed by atoms with van der Waals surface area (Å²) in [5.41, 5.74) is 15.6. The van der Waals surface area contributed by atoms with Crippen LogP contribution in [0.15, 0.2) is 228 Å². The first-order chi connectivity index (χ1) is 31.2. The molecule has 1 unspecified atom stereocenters. The van der Waals surface area contributed by atoms with Gasteiger partial charge in [-0.1, -0.05) is 181 Å². The van der Waals surface area contributed by atoms with Crippen LogP contribution in [0.25, 0.3) is 77.2 Å². The fraction of sp³-hybridized carbons (Fsp3) is 0.0345. The zero-order valence-corrected chi connectivity index (χ0v) is 34.7. The molecule has 0 fully saturated rings. The lowest BCUT2D eigenvalue weighted by Gasteiger charge is -2.24. The van der Waals surface area contributed by atoms with Crippen LogP contribution in [0.2, 0.25) is 0 Å². The quantitative estimate of drug-likeness (QED) is 0.171. The third-order valence-electron chi connectivity index (χ3n) is 12.4. The zero-order valence-electron chi connectivity index (χ0n) is 34.7. The number of aliphatic imine (C=N–C) groups is 2. The minimum absolute atomic E-state index is 0.350. The van der Waals surface area contributed by atoms with Crippen LogP contribution in [0.4, 0.5) is 0 Å². The normalized spacial score (nSPS) is 14.0. The second-order valence-corrected chi connectivity index (χ2v) is 16.3. The summed E-state index contributed by atoms with van der Waals surface area (Å²) >= 11 is 0. The summed E-state index contributed by atoms with van der Waals surface area (Å²) < 4.78 is 4.89. The SMILES string of the molecule is Cc1cccc(C2=NC(c3ccc(-c4ccccc4)c(-n4c5ccccc5c5c(-n6c7ccccc7c7ccccc76)cccc54)c3)=NC(c3ccc(-c4ccccc4)cc3)N2)c1. The van der Waals surface area contributed by atoms with Crippen molar-refractivity contribution in [3.8, 4) is 33.6 Å². The Labute approximate surface area is 365 Å². The van der Waals surface area contributed by atoms with E-state index in [4.69, 9.17) is 9.98 Å². The molecule has 1 N–H and O–H groups in total. The molecular weight excluding hydrogens is 767 g/mol. The van der Waals surface area contributed by atoms with Crippen molar-refractivity contribution in [2.75, 3.05) is 0 Å². The van der Waals surface area contributed by atoms with Crippen molar-refractivity contribution < 1.29 is 0 Å². The highest BCUT2D eigenvalue weighted by molar-refractivity contribution is 6.17. The highest BCUT2D eigenvalue weighted by Crippen LogP contribution is 2.42. The van der Waals surface area contributed by atoms with Crippen LogP contribution in [0, 0.1) is 6.92 Å². The number of rotatable bonds is 7. The largest absolute Gasteiger partial charge is 0.344 e. The summed E-state index contributed by atoms with van der Waals surface area (Å²) in [6.45, 7) is 2.12. The number of fused-ring (bicyclic) bond motifs is 6. The average Bonchev–Trinajstić information content (AvgIpc) is 3.87. The molecule has 0 amide bonds.